The van der Waals surface area contributed by atoms with Gasteiger partial charge in [-0.1, -0.05) is 23.7 Å². The number of nitrogens with one attached hydrogen (secondary N) is 1. The van der Waals surface area contributed by atoms with Crippen LogP contribution < -0.4 is 11.1 Å². The lowest BCUT2D eigenvalue weighted by atomic mass is 10.1. The number of aromatic nitrogens is 2. The number of aryl methyl sites for hydroxylation is 1. The Morgan fingerprint density at radius 3 is 2.68 bits per heavy atom. The molecule has 1 aromatic carbocycles. The number of anilines is 3. The number of rotatable bonds is 6. The molecule has 2 rings (SSSR count). The van der Waals surface area contributed by atoms with E-state index >= 15 is 0 Å². The minimum atomic E-state index is 0.454. The van der Waals surface area contributed by atoms with Gasteiger partial charge in [0.1, 0.15) is 5.82 Å². The number of hydrogen-bond acceptors (Lipinski definition) is 5. The monoisotopic (exact) mass is 319 g/mol. The highest BCUT2D eigenvalue weighted by atomic mass is 35.5. The fraction of sp³-hybridized carbons (Fsp3) is 0.375. The molecule has 0 aliphatic carbocycles. The fourth-order valence-electron chi connectivity index (χ4n) is 1.98. The van der Waals surface area contributed by atoms with Gasteiger partial charge in [0.05, 0.1) is 10.7 Å². The second-order valence-electron chi connectivity index (χ2n) is 5.56. The normalized spacial score (nSPS) is 12.4. The predicted octanol–water partition coefficient (Wildman–Crippen LogP) is 3.34. The molecule has 0 amide bonds. The fourth-order valence-corrected chi connectivity index (χ4v) is 2.16. The third-order valence-corrected chi connectivity index (χ3v) is 4.06. The average molecular weight is 320 g/mol. The highest BCUT2D eigenvalue weighted by molar-refractivity contribution is 6.33. The lowest BCUT2D eigenvalue weighted by Gasteiger charge is -2.19. The van der Waals surface area contributed by atoms with Crippen molar-refractivity contribution in [3.63, 3.8) is 0 Å². The van der Waals surface area contributed by atoms with Crippen molar-refractivity contribution in [2.45, 2.75) is 25.8 Å². The summed E-state index contributed by atoms with van der Waals surface area (Å²) in [4.78, 5) is 10.8. The van der Waals surface area contributed by atoms with Crippen molar-refractivity contribution in [1.29, 1.82) is 0 Å². The molecule has 3 N–H and O–H groups in total. The Kier molecular flexibility index (Phi) is 5.57. The maximum atomic E-state index is 6.11. The minimum Gasteiger partial charge on any atom is -0.383 e. The summed E-state index contributed by atoms with van der Waals surface area (Å²) in [5.74, 6) is 0.963. The van der Waals surface area contributed by atoms with E-state index in [-0.39, 0.29) is 0 Å². The highest BCUT2D eigenvalue weighted by Gasteiger charge is 2.09. The molecular formula is C16H22ClN5. The van der Waals surface area contributed by atoms with Crippen LogP contribution in [0.5, 0.6) is 0 Å². The first kappa shape index (κ1) is 16.5. The molecule has 0 aliphatic heterocycles. The highest BCUT2D eigenvalue weighted by Crippen LogP contribution is 2.24. The van der Waals surface area contributed by atoms with Gasteiger partial charge >= 0.3 is 0 Å². The van der Waals surface area contributed by atoms with Crippen LogP contribution in [0.1, 0.15) is 18.9 Å². The van der Waals surface area contributed by atoms with Gasteiger partial charge in [0.25, 0.3) is 0 Å². The molecule has 1 atom stereocenters. The Morgan fingerprint density at radius 1 is 1.32 bits per heavy atom. The molecule has 6 heteroatoms. The third kappa shape index (κ3) is 4.32. The van der Waals surface area contributed by atoms with Gasteiger partial charge in [-0.2, -0.15) is 4.98 Å². The van der Waals surface area contributed by atoms with Crippen molar-refractivity contribution < 1.29 is 0 Å². The molecule has 5 nitrogen and oxygen atoms in total. The summed E-state index contributed by atoms with van der Waals surface area (Å²) in [7, 11) is 4.14. The first-order valence-electron chi connectivity index (χ1n) is 7.26. The maximum absolute atomic E-state index is 6.11. The topological polar surface area (TPSA) is 67.1 Å². The zero-order valence-electron chi connectivity index (χ0n) is 13.2. The predicted molar refractivity (Wildman–Crippen MR) is 92.6 cm³/mol. The van der Waals surface area contributed by atoms with E-state index in [9.17, 15) is 0 Å². The van der Waals surface area contributed by atoms with Crippen LogP contribution in [0.2, 0.25) is 5.02 Å². The molecule has 0 spiro atoms. The van der Waals surface area contributed by atoms with Gasteiger partial charge in [-0.05, 0) is 46.0 Å². The quantitative estimate of drug-likeness (QED) is 0.854. The molecule has 0 fully saturated rings. The second kappa shape index (κ2) is 7.42. The van der Waals surface area contributed by atoms with E-state index in [0.29, 0.717) is 22.8 Å². The van der Waals surface area contributed by atoms with Crippen molar-refractivity contribution in [2.75, 3.05) is 25.1 Å². The van der Waals surface area contributed by atoms with Crippen LogP contribution in [-0.4, -0.2) is 35.0 Å². The third-order valence-electron chi connectivity index (χ3n) is 3.73. The Hall–Kier alpha value is -1.85. The van der Waals surface area contributed by atoms with Gasteiger partial charge in [-0.25, -0.2) is 4.98 Å². The number of nitrogens with two attached hydrogens (primary N) is 1. The second-order valence-corrected chi connectivity index (χ2v) is 5.97. The number of nitrogens with zero attached hydrogens (tertiary/aromatic N) is 3. The molecule has 1 unspecified atom stereocenters. The van der Waals surface area contributed by atoms with Gasteiger partial charge < -0.3 is 16.0 Å². The van der Waals surface area contributed by atoms with Gasteiger partial charge in [0, 0.05) is 17.8 Å². The van der Waals surface area contributed by atoms with Crippen LogP contribution in [-0.2, 0) is 6.42 Å². The smallest absolute Gasteiger partial charge is 0.229 e. The molecular weight excluding hydrogens is 298 g/mol. The molecule has 1 aromatic heterocycles. The average Bonchev–Trinajstić information content (AvgIpc) is 2.48. The molecule has 22 heavy (non-hydrogen) atoms. The summed E-state index contributed by atoms with van der Waals surface area (Å²) < 4.78 is 0. The van der Waals surface area contributed by atoms with Crippen molar-refractivity contribution in [3.8, 4) is 0 Å². The summed E-state index contributed by atoms with van der Waals surface area (Å²) in [5, 5.41) is 3.70. The van der Waals surface area contributed by atoms with Gasteiger partial charge in [0.2, 0.25) is 5.95 Å². The summed E-state index contributed by atoms with van der Waals surface area (Å²) in [6.07, 6.45) is 3.65. The number of benzene rings is 1. The van der Waals surface area contributed by atoms with Crippen molar-refractivity contribution in [1.82, 2.24) is 14.9 Å². The Labute approximate surface area is 136 Å². The van der Waals surface area contributed by atoms with Gasteiger partial charge in [-0.15, -0.1) is 0 Å². The lowest BCUT2D eigenvalue weighted by molar-refractivity contribution is 0.299. The Bertz CT molecular complexity index is 630. The summed E-state index contributed by atoms with van der Waals surface area (Å²) in [5.41, 5.74) is 7.77. The van der Waals surface area contributed by atoms with Crippen LogP contribution in [0.3, 0.4) is 0 Å². The standard InChI is InChI=1S/C16H22ClN5/c1-11(22(2)3)8-9-12-10-19-16(21-15(12)18)20-14-7-5-4-6-13(14)17/h4-7,10-11H,8-9H2,1-3H3,(H3,18,19,20,21). The van der Waals surface area contributed by atoms with Crippen molar-refractivity contribution in [2.24, 2.45) is 0 Å². The summed E-state index contributed by atoms with van der Waals surface area (Å²) in [6, 6.07) is 7.94. The number of para-hydroxylation sites is 1. The number of halogens is 1. The molecule has 1 heterocycles. The van der Waals surface area contributed by atoms with Gasteiger partial charge in [0.15, 0.2) is 0 Å². The lowest BCUT2D eigenvalue weighted by Crippen LogP contribution is -2.25. The Morgan fingerprint density at radius 2 is 2.05 bits per heavy atom. The molecule has 0 aliphatic rings. The maximum Gasteiger partial charge on any atom is 0.229 e. The van der Waals surface area contributed by atoms with Crippen molar-refractivity contribution >= 4 is 29.1 Å². The zero-order valence-corrected chi connectivity index (χ0v) is 13.9. The van der Waals surface area contributed by atoms with Crippen molar-refractivity contribution in [3.05, 3.63) is 41.0 Å². The molecule has 0 saturated carbocycles. The molecule has 2 aromatic rings. The Balaban J connectivity index is 2.05. The van der Waals surface area contributed by atoms with E-state index in [2.05, 4.69) is 41.2 Å². The molecule has 0 bridgehead atoms. The first-order chi connectivity index (χ1) is 10.5. The first-order valence-corrected chi connectivity index (χ1v) is 7.64. The van der Waals surface area contributed by atoms with E-state index in [1.807, 2.05) is 24.3 Å². The number of nitrogen functional groups attached to an aromatic ring is 1. The largest absolute Gasteiger partial charge is 0.383 e. The summed E-state index contributed by atoms with van der Waals surface area (Å²) in [6.45, 7) is 2.18. The van der Waals surface area contributed by atoms with E-state index in [0.717, 1.165) is 24.1 Å². The van der Waals surface area contributed by atoms with E-state index in [1.54, 1.807) is 6.20 Å². The molecule has 118 valence electrons. The summed E-state index contributed by atoms with van der Waals surface area (Å²) >= 11 is 6.11. The SMILES string of the molecule is CC(CCc1cnc(Nc2ccccc2Cl)nc1N)N(C)C. The zero-order chi connectivity index (χ0) is 16.1. The van der Waals surface area contributed by atoms with Crippen LogP contribution in [0, 0.1) is 0 Å². The van der Waals surface area contributed by atoms with Gasteiger partial charge in [-0.3, -0.25) is 0 Å². The van der Waals surface area contributed by atoms with Crippen LogP contribution in [0.15, 0.2) is 30.5 Å². The number of hydrogen-bond donors (Lipinski definition) is 2. The van der Waals surface area contributed by atoms with E-state index in [1.165, 1.54) is 0 Å². The van der Waals surface area contributed by atoms with Crippen LogP contribution >= 0.6 is 11.6 Å². The molecule has 0 saturated heterocycles. The van der Waals surface area contributed by atoms with Crippen LogP contribution in [0.25, 0.3) is 0 Å². The molecule has 0 radical (unpaired) electrons. The van der Waals surface area contributed by atoms with E-state index < -0.39 is 0 Å². The van der Waals surface area contributed by atoms with Crippen LogP contribution in [0.4, 0.5) is 17.5 Å². The van der Waals surface area contributed by atoms with E-state index in [4.69, 9.17) is 17.3 Å². The minimum absolute atomic E-state index is 0.454.